The van der Waals surface area contributed by atoms with Crippen LogP contribution < -0.4 is 5.32 Å². The lowest BCUT2D eigenvalue weighted by Gasteiger charge is -2.09. The maximum atomic E-state index is 12.9. The molecule has 6 nitrogen and oxygen atoms in total. The molecule has 8 heteroatoms. The summed E-state index contributed by atoms with van der Waals surface area (Å²) >= 11 is 12.2. The molecule has 0 saturated heterocycles. The van der Waals surface area contributed by atoms with Crippen LogP contribution in [0.2, 0.25) is 10.0 Å². The molecule has 3 aromatic heterocycles. The third kappa shape index (κ3) is 4.40. The van der Waals surface area contributed by atoms with Crippen molar-refractivity contribution in [2.45, 2.75) is 13.3 Å². The summed E-state index contributed by atoms with van der Waals surface area (Å²) in [5.74, 6) is 1.07. The molecule has 0 aliphatic heterocycles. The van der Waals surface area contributed by atoms with Crippen LogP contribution in [0.25, 0.3) is 17.1 Å². The van der Waals surface area contributed by atoms with Gasteiger partial charge in [-0.25, -0.2) is 4.68 Å². The number of hydrogen-bond donors (Lipinski definition) is 1. The summed E-state index contributed by atoms with van der Waals surface area (Å²) in [4.78, 5) is 17.2. The van der Waals surface area contributed by atoms with E-state index in [0.717, 1.165) is 11.5 Å². The third-order valence-corrected chi connectivity index (χ3v) is 5.21. The van der Waals surface area contributed by atoms with Crippen molar-refractivity contribution in [1.29, 1.82) is 0 Å². The van der Waals surface area contributed by atoms with Crippen LogP contribution in [0.4, 0.5) is 0 Å². The molecule has 152 valence electrons. The second kappa shape index (κ2) is 8.73. The molecule has 0 radical (unpaired) electrons. The SMILES string of the molecule is Cc1ccc(-c2cc(C(=O)NCCc3ccccn3)n(-c3ccc(Cl)c(Cl)c3)n2)o1. The van der Waals surface area contributed by atoms with E-state index < -0.39 is 0 Å². The molecule has 0 aliphatic carbocycles. The molecule has 0 bridgehead atoms. The minimum atomic E-state index is -0.265. The van der Waals surface area contributed by atoms with Gasteiger partial charge in [0.2, 0.25) is 0 Å². The summed E-state index contributed by atoms with van der Waals surface area (Å²) in [7, 11) is 0. The maximum absolute atomic E-state index is 12.9. The Kier molecular flexibility index (Phi) is 5.88. The van der Waals surface area contributed by atoms with Gasteiger partial charge in [-0.1, -0.05) is 29.3 Å². The Morgan fingerprint density at radius 3 is 2.67 bits per heavy atom. The topological polar surface area (TPSA) is 73.0 Å². The van der Waals surface area contributed by atoms with Crippen molar-refractivity contribution in [3.63, 3.8) is 0 Å². The van der Waals surface area contributed by atoms with E-state index in [1.54, 1.807) is 30.5 Å². The lowest BCUT2D eigenvalue weighted by Crippen LogP contribution is -2.28. The fraction of sp³-hybridized carbons (Fsp3) is 0.136. The summed E-state index contributed by atoms with van der Waals surface area (Å²) in [5.41, 5.74) is 2.43. The number of carbonyl (C=O) groups excluding carboxylic acids is 1. The van der Waals surface area contributed by atoms with Gasteiger partial charge in [-0.3, -0.25) is 9.78 Å². The first-order valence-corrected chi connectivity index (χ1v) is 10.1. The number of nitrogens with one attached hydrogen (secondary N) is 1. The quantitative estimate of drug-likeness (QED) is 0.451. The van der Waals surface area contributed by atoms with Gasteiger partial charge in [0.25, 0.3) is 5.91 Å². The van der Waals surface area contributed by atoms with Gasteiger partial charge in [0.05, 0.1) is 15.7 Å². The predicted molar refractivity (Wildman–Crippen MR) is 116 cm³/mol. The highest BCUT2D eigenvalue weighted by Gasteiger charge is 2.19. The lowest BCUT2D eigenvalue weighted by molar-refractivity contribution is 0.0946. The molecule has 4 aromatic rings. The molecule has 0 aliphatic rings. The zero-order valence-corrected chi connectivity index (χ0v) is 17.6. The molecule has 0 fully saturated rings. The fourth-order valence-corrected chi connectivity index (χ4v) is 3.28. The van der Waals surface area contributed by atoms with Gasteiger partial charge in [0.1, 0.15) is 17.1 Å². The van der Waals surface area contributed by atoms with E-state index in [1.165, 1.54) is 4.68 Å². The van der Waals surface area contributed by atoms with Gasteiger partial charge < -0.3 is 9.73 Å². The maximum Gasteiger partial charge on any atom is 0.270 e. The molecule has 0 unspecified atom stereocenters. The van der Waals surface area contributed by atoms with Gasteiger partial charge in [-0.2, -0.15) is 5.10 Å². The molecule has 0 spiro atoms. The Morgan fingerprint density at radius 1 is 1.10 bits per heavy atom. The molecule has 1 N–H and O–H groups in total. The molecular weight excluding hydrogens is 423 g/mol. The van der Waals surface area contributed by atoms with E-state index in [1.807, 2.05) is 37.3 Å². The van der Waals surface area contributed by atoms with Crippen molar-refractivity contribution in [2.75, 3.05) is 6.54 Å². The van der Waals surface area contributed by atoms with Gasteiger partial charge in [-0.15, -0.1) is 0 Å². The second-order valence-electron chi connectivity index (χ2n) is 6.66. The number of nitrogens with zero attached hydrogens (tertiary/aromatic N) is 3. The first-order valence-electron chi connectivity index (χ1n) is 9.31. The summed E-state index contributed by atoms with van der Waals surface area (Å²) < 4.78 is 7.21. The lowest BCUT2D eigenvalue weighted by atomic mass is 10.2. The number of furan rings is 1. The van der Waals surface area contributed by atoms with Crippen molar-refractivity contribution in [3.8, 4) is 17.1 Å². The Labute approximate surface area is 183 Å². The largest absolute Gasteiger partial charge is 0.460 e. The molecular formula is C22H18Cl2N4O2. The zero-order valence-electron chi connectivity index (χ0n) is 16.1. The Balaban J connectivity index is 1.63. The molecule has 0 saturated carbocycles. The van der Waals surface area contributed by atoms with E-state index in [-0.39, 0.29) is 5.91 Å². The van der Waals surface area contributed by atoms with Crippen molar-refractivity contribution in [3.05, 3.63) is 88.0 Å². The first kappa shape index (κ1) is 20.2. The summed E-state index contributed by atoms with van der Waals surface area (Å²) in [6.45, 7) is 2.29. The normalized spacial score (nSPS) is 10.9. The van der Waals surface area contributed by atoms with Gasteiger partial charge in [0, 0.05) is 30.9 Å². The highest BCUT2D eigenvalue weighted by atomic mass is 35.5. The number of aryl methyl sites for hydroxylation is 1. The number of pyridine rings is 1. The number of carbonyl (C=O) groups is 1. The van der Waals surface area contributed by atoms with Crippen LogP contribution in [0.5, 0.6) is 0 Å². The summed E-state index contributed by atoms with van der Waals surface area (Å²) in [5, 5.41) is 8.30. The van der Waals surface area contributed by atoms with Crippen LogP contribution in [-0.2, 0) is 6.42 Å². The molecule has 1 amide bonds. The minimum Gasteiger partial charge on any atom is -0.460 e. The average molecular weight is 441 g/mol. The zero-order chi connectivity index (χ0) is 21.1. The monoisotopic (exact) mass is 440 g/mol. The number of halogens is 2. The smallest absolute Gasteiger partial charge is 0.270 e. The Hall–Kier alpha value is -3.09. The molecule has 30 heavy (non-hydrogen) atoms. The van der Waals surface area contributed by atoms with Crippen LogP contribution >= 0.6 is 23.2 Å². The average Bonchev–Trinajstić information content (AvgIpc) is 3.37. The second-order valence-corrected chi connectivity index (χ2v) is 7.48. The van der Waals surface area contributed by atoms with Gasteiger partial charge in [-0.05, 0) is 49.4 Å². The predicted octanol–water partition coefficient (Wildman–Crippen LogP) is 5.12. The minimum absolute atomic E-state index is 0.265. The number of hydrogen-bond acceptors (Lipinski definition) is 4. The van der Waals surface area contributed by atoms with Gasteiger partial charge >= 0.3 is 0 Å². The van der Waals surface area contributed by atoms with Crippen molar-refractivity contribution in [1.82, 2.24) is 20.1 Å². The number of amides is 1. The van der Waals surface area contributed by atoms with Crippen molar-refractivity contribution in [2.24, 2.45) is 0 Å². The molecule has 0 atom stereocenters. The van der Waals surface area contributed by atoms with Crippen LogP contribution in [0.15, 0.2) is 65.2 Å². The molecule has 4 rings (SSSR count). The van der Waals surface area contributed by atoms with Gasteiger partial charge in [0.15, 0.2) is 5.76 Å². The first-order chi connectivity index (χ1) is 14.5. The summed E-state index contributed by atoms with van der Waals surface area (Å²) in [6.07, 6.45) is 2.35. The fourth-order valence-electron chi connectivity index (χ4n) is 2.99. The summed E-state index contributed by atoms with van der Waals surface area (Å²) in [6, 6.07) is 16.1. The van der Waals surface area contributed by atoms with E-state index in [2.05, 4.69) is 15.4 Å². The standard InChI is InChI=1S/C22H18Cl2N4O2/c1-14-5-8-21(30-14)19-13-20(22(29)26-11-9-15-4-2-3-10-25-15)28(27-19)16-6-7-17(23)18(24)12-16/h2-8,10,12-13H,9,11H2,1H3,(H,26,29). The number of benzene rings is 1. The molecule has 1 aromatic carbocycles. The molecule has 3 heterocycles. The van der Waals surface area contributed by atoms with Crippen LogP contribution in [0.1, 0.15) is 21.9 Å². The van der Waals surface area contributed by atoms with E-state index in [9.17, 15) is 4.79 Å². The Morgan fingerprint density at radius 2 is 1.97 bits per heavy atom. The number of rotatable bonds is 6. The third-order valence-electron chi connectivity index (χ3n) is 4.48. The number of aromatic nitrogens is 3. The highest BCUT2D eigenvalue weighted by molar-refractivity contribution is 6.42. The van der Waals surface area contributed by atoms with Crippen molar-refractivity contribution < 1.29 is 9.21 Å². The van der Waals surface area contributed by atoms with Crippen LogP contribution in [0.3, 0.4) is 0 Å². The Bertz CT molecular complexity index is 1190. The van der Waals surface area contributed by atoms with E-state index in [0.29, 0.717) is 45.8 Å². The highest BCUT2D eigenvalue weighted by Crippen LogP contribution is 2.27. The van der Waals surface area contributed by atoms with Crippen molar-refractivity contribution >= 4 is 29.1 Å². The van der Waals surface area contributed by atoms with Crippen LogP contribution in [-0.4, -0.2) is 27.2 Å². The van der Waals surface area contributed by atoms with Crippen LogP contribution in [0, 0.1) is 6.92 Å². The van der Waals surface area contributed by atoms with E-state index in [4.69, 9.17) is 27.6 Å². The van der Waals surface area contributed by atoms with E-state index >= 15 is 0 Å².